The third kappa shape index (κ3) is 3.50. The number of aliphatic hydroxyl groups is 3. The van der Waals surface area contributed by atoms with Crippen LogP contribution in [0, 0.1) is 10.1 Å². The lowest BCUT2D eigenvalue weighted by atomic mass is 9.96. The molecule has 0 fully saturated rings. The molecule has 0 bridgehead atoms. The summed E-state index contributed by atoms with van der Waals surface area (Å²) in [5.74, 6) is -0.862. The van der Waals surface area contributed by atoms with Gasteiger partial charge < -0.3 is 20.1 Å². The van der Waals surface area contributed by atoms with Crippen LogP contribution in [0.2, 0.25) is 0 Å². The van der Waals surface area contributed by atoms with E-state index >= 15 is 0 Å². The summed E-state index contributed by atoms with van der Waals surface area (Å²) in [6.45, 7) is -0.348. The molecule has 0 amide bonds. The fourth-order valence-electron chi connectivity index (χ4n) is 1.70. The number of hydrogen-bond donors (Lipinski definition) is 3. The Balaban J connectivity index is 3.24. The normalized spacial score (nSPS) is 13.6. The first kappa shape index (κ1) is 16.0. The summed E-state index contributed by atoms with van der Waals surface area (Å²) in [7, 11) is 1.10. The molecule has 1 rings (SSSR count). The molecule has 0 aliphatic carbocycles. The average molecular weight is 285 g/mol. The molecule has 0 saturated heterocycles. The minimum Gasteiger partial charge on any atom is -0.465 e. The lowest BCUT2D eigenvalue weighted by Crippen LogP contribution is -2.22. The molecule has 8 nitrogen and oxygen atoms in total. The quantitative estimate of drug-likeness (QED) is 0.385. The van der Waals surface area contributed by atoms with Crippen molar-refractivity contribution in [3.8, 4) is 0 Å². The molecule has 0 saturated carbocycles. The predicted octanol–water partition coefficient (Wildman–Crippen LogP) is 0.158. The minimum absolute atomic E-state index is 0.00315. The van der Waals surface area contributed by atoms with Crippen LogP contribution in [0.1, 0.15) is 28.4 Å². The van der Waals surface area contributed by atoms with Gasteiger partial charge in [0.2, 0.25) is 0 Å². The molecule has 0 spiro atoms. The van der Waals surface area contributed by atoms with E-state index in [1.54, 1.807) is 0 Å². The lowest BCUT2D eigenvalue weighted by molar-refractivity contribution is -0.384. The third-order valence-electron chi connectivity index (χ3n) is 2.76. The number of nitro groups is 1. The van der Waals surface area contributed by atoms with Crippen molar-refractivity contribution in [3.05, 3.63) is 39.4 Å². The number of aliphatic hydroxyl groups excluding tert-OH is 3. The molecule has 0 aliphatic heterocycles. The van der Waals surface area contributed by atoms with Crippen LogP contribution in [0.4, 0.5) is 5.69 Å². The molecule has 1 aromatic carbocycles. The van der Waals surface area contributed by atoms with Crippen molar-refractivity contribution in [1.82, 2.24) is 0 Å². The van der Waals surface area contributed by atoms with Crippen molar-refractivity contribution >= 4 is 11.7 Å². The highest BCUT2D eigenvalue weighted by molar-refractivity contribution is 5.92. The summed E-state index contributed by atoms with van der Waals surface area (Å²) in [6.07, 6.45) is -2.86. The van der Waals surface area contributed by atoms with E-state index in [9.17, 15) is 25.1 Å². The van der Waals surface area contributed by atoms with Crippen molar-refractivity contribution in [3.63, 3.8) is 0 Å². The van der Waals surface area contributed by atoms with E-state index in [1.807, 2.05) is 0 Å². The fourth-order valence-corrected chi connectivity index (χ4v) is 1.70. The summed E-state index contributed by atoms with van der Waals surface area (Å²) < 4.78 is 4.50. The van der Waals surface area contributed by atoms with Crippen molar-refractivity contribution in [2.75, 3.05) is 13.7 Å². The Hall–Kier alpha value is -2.03. The van der Waals surface area contributed by atoms with Gasteiger partial charge in [0.1, 0.15) is 6.10 Å². The molecule has 0 heterocycles. The van der Waals surface area contributed by atoms with Crippen molar-refractivity contribution in [1.29, 1.82) is 0 Å². The number of nitrogens with zero attached hydrogens (tertiary/aromatic N) is 1. The highest BCUT2D eigenvalue weighted by atomic mass is 16.6. The van der Waals surface area contributed by atoms with Crippen LogP contribution in [0.25, 0.3) is 0 Å². The Labute approximate surface area is 114 Å². The monoisotopic (exact) mass is 285 g/mol. The van der Waals surface area contributed by atoms with Crippen LogP contribution >= 0.6 is 0 Å². The maximum absolute atomic E-state index is 11.6. The van der Waals surface area contributed by atoms with E-state index in [-0.39, 0.29) is 29.8 Å². The Kier molecular flexibility index (Phi) is 5.56. The van der Waals surface area contributed by atoms with E-state index in [0.29, 0.717) is 0 Å². The molecule has 2 unspecified atom stereocenters. The number of carbonyl (C=O) groups excluding carboxylic acids is 1. The molecule has 0 aliphatic rings. The van der Waals surface area contributed by atoms with Gasteiger partial charge in [-0.3, -0.25) is 10.1 Å². The van der Waals surface area contributed by atoms with Gasteiger partial charge in [-0.05, 0) is 18.1 Å². The number of rotatable bonds is 6. The standard InChI is InChI=1S/C12H15NO7/c1-20-12(17)9-6-7(13(18)19)2-3-8(9)11(16)10(15)4-5-14/h2-3,6,10-11,14-16H,4-5H2,1H3. The largest absolute Gasteiger partial charge is 0.465 e. The summed E-state index contributed by atoms with van der Waals surface area (Å²) in [6, 6.07) is 3.25. The van der Waals surface area contributed by atoms with Crippen LogP contribution in [0.15, 0.2) is 18.2 Å². The van der Waals surface area contributed by atoms with Crippen molar-refractivity contribution < 1.29 is 29.8 Å². The van der Waals surface area contributed by atoms with Gasteiger partial charge in [-0.15, -0.1) is 0 Å². The SMILES string of the molecule is COC(=O)c1cc([N+](=O)[O-])ccc1C(O)C(O)CCO. The second-order valence-corrected chi connectivity index (χ2v) is 4.04. The third-order valence-corrected chi connectivity index (χ3v) is 2.76. The summed E-state index contributed by atoms with van der Waals surface area (Å²) >= 11 is 0. The smallest absolute Gasteiger partial charge is 0.338 e. The average Bonchev–Trinajstić information content (AvgIpc) is 2.45. The first-order valence-electron chi connectivity index (χ1n) is 5.76. The van der Waals surface area contributed by atoms with Gasteiger partial charge >= 0.3 is 5.97 Å². The number of benzene rings is 1. The number of non-ortho nitro benzene ring substituents is 1. The topological polar surface area (TPSA) is 130 Å². The van der Waals surface area contributed by atoms with Crippen LogP contribution < -0.4 is 0 Å². The van der Waals surface area contributed by atoms with E-state index < -0.39 is 23.1 Å². The van der Waals surface area contributed by atoms with E-state index in [0.717, 1.165) is 19.2 Å². The van der Waals surface area contributed by atoms with Gasteiger partial charge in [-0.2, -0.15) is 0 Å². The molecule has 1 aromatic rings. The Morgan fingerprint density at radius 1 is 1.45 bits per heavy atom. The highest BCUT2D eigenvalue weighted by Gasteiger charge is 2.26. The van der Waals surface area contributed by atoms with Gasteiger partial charge in [-0.25, -0.2) is 4.79 Å². The molecular weight excluding hydrogens is 270 g/mol. The number of hydrogen-bond acceptors (Lipinski definition) is 7. The van der Waals surface area contributed by atoms with E-state index in [4.69, 9.17) is 5.11 Å². The van der Waals surface area contributed by atoms with Crippen molar-refractivity contribution in [2.24, 2.45) is 0 Å². The Morgan fingerprint density at radius 2 is 2.10 bits per heavy atom. The number of ether oxygens (including phenoxy) is 1. The molecule has 110 valence electrons. The molecule has 20 heavy (non-hydrogen) atoms. The number of nitro benzene ring substituents is 1. The molecule has 3 N–H and O–H groups in total. The van der Waals surface area contributed by atoms with E-state index in [1.165, 1.54) is 6.07 Å². The van der Waals surface area contributed by atoms with Gasteiger partial charge in [-0.1, -0.05) is 0 Å². The fraction of sp³-hybridized carbons (Fsp3) is 0.417. The van der Waals surface area contributed by atoms with Gasteiger partial charge in [0, 0.05) is 18.7 Å². The molecule has 8 heteroatoms. The summed E-state index contributed by atoms with van der Waals surface area (Å²) in [5.41, 5.74) is -0.535. The zero-order chi connectivity index (χ0) is 15.3. The zero-order valence-corrected chi connectivity index (χ0v) is 10.7. The second-order valence-electron chi connectivity index (χ2n) is 4.04. The number of carbonyl (C=O) groups is 1. The zero-order valence-electron chi connectivity index (χ0n) is 10.7. The lowest BCUT2D eigenvalue weighted by Gasteiger charge is -2.19. The van der Waals surface area contributed by atoms with E-state index in [2.05, 4.69) is 4.74 Å². The minimum atomic E-state index is -1.46. The van der Waals surface area contributed by atoms with Gasteiger partial charge in [0.05, 0.1) is 23.7 Å². The first-order valence-corrected chi connectivity index (χ1v) is 5.76. The van der Waals surface area contributed by atoms with Crippen LogP contribution in [-0.4, -0.2) is 46.0 Å². The van der Waals surface area contributed by atoms with Crippen molar-refractivity contribution in [2.45, 2.75) is 18.6 Å². The molecule has 0 radical (unpaired) electrons. The van der Waals surface area contributed by atoms with Crippen LogP contribution in [0.5, 0.6) is 0 Å². The Bertz CT molecular complexity index is 503. The summed E-state index contributed by atoms with van der Waals surface area (Å²) in [4.78, 5) is 21.6. The van der Waals surface area contributed by atoms with Crippen LogP contribution in [0.3, 0.4) is 0 Å². The maximum atomic E-state index is 11.6. The van der Waals surface area contributed by atoms with Crippen LogP contribution in [-0.2, 0) is 4.74 Å². The maximum Gasteiger partial charge on any atom is 0.338 e. The second kappa shape index (κ2) is 6.94. The predicted molar refractivity (Wildman–Crippen MR) is 67.1 cm³/mol. The summed E-state index contributed by atoms with van der Waals surface area (Å²) in [5, 5.41) is 39.0. The molecule has 2 atom stereocenters. The molecular formula is C12H15NO7. The first-order chi connectivity index (χ1) is 9.42. The van der Waals surface area contributed by atoms with Gasteiger partial charge in [0.25, 0.3) is 5.69 Å². The number of esters is 1. The Morgan fingerprint density at radius 3 is 2.60 bits per heavy atom. The highest BCUT2D eigenvalue weighted by Crippen LogP contribution is 2.27. The number of methoxy groups -OCH3 is 1. The van der Waals surface area contributed by atoms with Gasteiger partial charge in [0.15, 0.2) is 0 Å². The molecule has 0 aromatic heterocycles.